The van der Waals surface area contributed by atoms with Crippen molar-refractivity contribution in [3.63, 3.8) is 0 Å². The maximum atomic E-state index is 15.4. The van der Waals surface area contributed by atoms with Crippen LogP contribution in [0, 0.1) is 19.7 Å². The van der Waals surface area contributed by atoms with Crippen LogP contribution in [0.1, 0.15) is 102 Å². The van der Waals surface area contributed by atoms with E-state index >= 15 is 9.18 Å². The van der Waals surface area contributed by atoms with Gasteiger partial charge in [0, 0.05) is 60.6 Å². The van der Waals surface area contributed by atoms with Crippen molar-refractivity contribution in [2.75, 3.05) is 43.4 Å². The van der Waals surface area contributed by atoms with E-state index in [1.165, 1.54) is 19.3 Å². The average Bonchev–Trinajstić information content (AvgIpc) is 3.77. The third kappa shape index (κ3) is 6.75. The Balaban J connectivity index is 1.06. The molecule has 0 bridgehead atoms. The van der Waals surface area contributed by atoms with E-state index in [4.69, 9.17) is 9.97 Å². The van der Waals surface area contributed by atoms with Gasteiger partial charge in [0.1, 0.15) is 11.3 Å². The van der Waals surface area contributed by atoms with Gasteiger partial charge in [0.25, 0.3) is 11.8 Å². The number of pyridine rings is 1. The molecule has 1 aliphatic carbocycles. The molecule has 3 aliphatic heterocycles. The topological polar surface area (TPSA) is 116 Å². The Hall–Kier alpha value is -5.62. The molecule has 2 aromatic heterocycles. The monoisotopic (exact) mass is 796 g/mol. The lowest BCUT2D eigenvalue weighted by Gasteiger charge is -2.48. The van der Waals surface area contributed by atoms with Gasteiger partial charge in [-0.2, -0.15) is 0 Å². The highest BCUT2D eigenvalue weighted by Gasteiger charge is 2.56. The lowest BCUT2D eigenvalue weighted by molar-refractivity contribution is -0.125. The molecule has 0 radical (unpaired) electrons. The number of hydrogen-bond acceptors (Lipinski definition) is 7. The quantitative estimate of drug-likeness (QED) is 0.163. The number of carbonyl (C=O) groups is 3. The molecule has 3 amide bonds. The molecule has 2 N–H and O–H groups in total. The average molecular weight is 797 g/mol. The van der Waals surface area contributed by atoms with E-state index in [1.807, 2.05) is 47.8 Å². The second-order valence-electron chi connectivity index (χ2n) is 17.3. The van der Waals surface area contributed by atoms with E-state index in [1.54, 1.807) is 37.4 Å². The third-order valence-electron chi connectivity index (χ3n) is 13.5. The molecule has 0 atom stereocenters. The fraction of sp³-hybridized carbons (Fsp3) is 0.426. The molecule has 59 heavy (non-hydrogen) atoms. The van der Waals surface area contributed by atoms with E-state index in [0.29, 0.717) is 60.3 Å². The van der Waals surface area contributed by atoms with Crippen molar-refractivity contribution in [2.24, 2.45) is 0 Å². The van der Waals surface area contributed by atoms with Gasteiger partial charge in [-0.25, -0.2) is 14.4 Å². The number of carbonyl (C=O) groups excluding carboxylic acids is 3. The lowest BCUT2D eigenvalue weighted by atomic mass is 9.73. The number of halogens is 1. The molecule has 1 spiro atoms. The van der Waals surface area contributed by atoms with Crippen LogP contribution >= 0.6 is 0 Å². The third-order valence-corrected chi connectivity index (χ3v) is 13.5. The zero-order valence-electron chi connectivity index (χ0n) is 34.6. The summed E-state index contributed by atoms with van der Waals surface area (Å²) in [6.45, 7) is 11.2. The first-order chi connectivity index (χ1) is 28.4. The molecule has 3 fully saturated rings. The predicted octanol–water partition coefficient (Wildman–Crippen LogP) is 8.08. The standard InChI is InChI=1S/C47H53FN8O3/c1-28(2)55-27-50-40-26-38(51-43(42(40)55)52-39-22-30(4)29(3)21-37(39)48)33-13-14-36-41(23-33)56(35-24-34(25-35)53-17-7-6-8-18-53)46(59)47(36)15-19-54(20-16-47)45(58)32-11-9-31(10-12-32)44(57)49-5/h9-14,21-23,26-28,34-35H,6-8,15-20,24-25H2,1-5H3,(H,49,57)(H,51,52). The van der Waals surface area contributed by atoms with Gasteiger partial charge < -0.3 is 29.9 Å². The summed E-state index contributed by atoms with van der Waals surface area (Å²) in [6, 6.07) is 19.0. The summed E-state index contributed by atoms with van der Waals surface area (Å²) < 4.78 is 17.5. The normalized spacial score (nSPS) is 20.3. The number of hydrogen-bond donors (Lipinski definition) is 2. The number of nitrogens with one attached hydrogen (secondary N) is 2. The molecular weight excluding hydrogens is 744 g/mol. The summed E-state index contributed by atoms with van der Waals surface area (Å²) in [4.78, 5) is 57.3. The summed E-state index contributed by atoms with van der Waals surface area (Å²) in [7, 11) is 1.58. The smallest absolute Gasteiger partial charge is 0.253 e. The number of rotatable bonds is 8. The first kappa shape index (κ1) is 38.9. The number of fused-ring (bicyclic) bond motifs is 3. The first-order valence-corrected chi connectivity index (χ1v) is 21.2. The van der Waals surface area contributed by atoms with Crippen molar-refractivity contribution in [1.29, 1.82) is 0 Å². The maximum Gasteiger partial charge on any atom is 0.253 e. The highest BCUT2D eigenvalue weighted by molar-refractivity contribution is 6.10. The predicted molar refractivity (Wildman–Crippen MR) is 229 cm³/mol. The molecule has 5 heterocycles. The highest BCUT2D eigenvalue weighted by Crippen LogP contribution is 2.52. The molecule has 12 heteroatoms. The van der Waals surface area contributed by atoms with Crippen molar-refractivity contribution in [2.45, 2.75) is 96.2 Å². The van der Waals surface area contributed by atoms with Gasteiger partial charge in [0.2, 0.25) is 5.91 Å². The lowest BCUT2D eigenvalue weighted by Crippen LogP contribution is -2.58. The summed E-state index contributed by atoms with van der Waals surface area (Å²) in [5.41, 5.74) is 7.46. The zero-order chi connectivity index (χ0) is 41.2. The Morgan fingerprint density at radius 1 is 0.864 bits per heavy atom. The molecular formula is C47H53FN8O3. The van der Waals surface area contributed by atoms with Crippen molar-refractivity contribution < 1.29 is 18.8 Å². The van der Waals surface area contributed by atoms with Crippen molar-refractivity contribution in [3.8, 4) is 11.3 Å². The number of nitrogens with zero attached hydrogens (tertiary/aromatic N) is 6. The van der Waals surface area contributed by atoms with Crippen molar-refractivity contribution >= 4 is 45.9 Å². The number of amides is 3. The number of likely N-dealkylation sites (tertiary alicyclic amines) is 2. The minimum absolute atomic E-state index is 0.0865. The summed E-state index contributed by atoms with van der Waals surface area (Å²) in [5.74, 6) is -0.0151. The molecule has 11 nitrogen and oxygen atoms in total. The van der Waals surface area contributed by atoms with Gasteiger partial charge >= 0.3 is 0 Å². The van der Waals surface area contributed by atoms with Crippen LogP contribution in [0.2, 0.25) is 0 Å². The van der Waals surface area contributed by atoms with Crippen LogP contribution in [-0.4, -0.2) is 87.4 Å². The fourth-order valence-corrected chi connectivity index (χ4v) is 9.82. The van der Waals surface area contributed by atoms with E-state index in [2.05, 4.69) is 46.4 Å². The molecule has 306 valence electrons. The van der Waals surface area contributed by atoms with Crippen LogP contribution in [0.15, 0.2) is 67.0 Å². The maximum absolute atomic E-state index is 15.4. The number of aromatic nitrogens is 3. The Morgan fingerprint density at radius 3 is 2.25 bits per heavy atom. The highest BCUT2D eigenvalue weighted by atomic mass is 19.1. The Labute approximate surface area is 345 Å². The van der Waals surface area contributed by atoms with Crippen molar-refractivity contribution in [1.82, 2.24) is 29.7 Å². The molecule has 3 aromatic carbocycles. The van der Waals surface area contributed by atoms with Crippen LogP contribution in [0.25, 0.3) is 22.3 Å². The molecule has 4 aliphatic rings. The molecule has 2 saturated heterocycles. The Bertz CT molecular complexity index is 2460. The minimum Gasteiger partial charge on any atom is -0.355 e. The van der Waals surface area contributed by atoms with Crippen LogP contribution in [0.5, 0.6) is 0 Å². The summed E-state index contributed by atoms with van der Waals surface area (Å²) in [6.07, 6.45) is 8.46. The largest absolute Gasteiger partial charge is 0.355 e. The molecule has 1 saturated carbocycles. The molecule has 0 unspecified atom stereocenters. The number of piperidine rings is 2. The van der Waals surface area contributed by atoms with Gasteiger partial charge in [-0.1, -0.05) is 18.6 Å². The van der Waals surface area contributed by atoms with Crippen LogP contribution in [0.4, 0.5) is 21.6 Å². The minimum atomic E-state index is -0.745. The van der Waals surface area contributed by atoms with E-state index in [9.17, 15) is 9.59 Å². The van der Waals surface area contributed by atoms with Gasteiger partial charge in [0.15, 0.2) is 5.82 Å². The summed E-state index contributed by atoms with van der Waals surface area (Å²) >= 11 is 0. The Kier molecular flexibility index (Phi) is 10.0. The van der Waals surface area contributed by atoms with E-state index in [0.717, 1.165) is 64.9 Å². The SMILES string of the molecule is CNC(=O)c1ccc(C(=O)N2CCC3(CC2)C(=O)N(C2CC(N4CCCCC4)C2)c2cc(-c4cc5ncn(C(C)C)c5c(Nc5cc(C)c(C)cc5F)n4)ccc23)cc1. The second-order valence-corrected chi connectivity index (χ2v) is 17.3. The second kappa shape index (κ2) is 15.2. The first-order valence-electron chi connectivity index (χ1n) is 21.2. The van der Waals surface area contributed by atoms with E-state index in [-0.39, 0.29) is 35.6 Å². The number of benzene rings is 3. The van der Waals surface area contributed by atoms with Gasteiger partial charge in [-0.05, 0) is 145 Å². The van der Waals surface area contributed by atoms with Crippen molar-refractivity contribution in [3.05, 3.63) is 101 Å². The number of imidazole rings is 1. The number of anilines is 3. The zero-order valence-corrected chi connectivity index (χ0v) is 34.6. The number of aryl methyl sites for hydroxylation is 2. The van der Waals surface area contributed by atoms with Gasteiger partial charge in [-0.15, -0.1) is 0 Å². The summed E-state index contributed by atoms with van der Waals surface area (Å²) in [5, 5.41) is 5.95. The molecule has 9 rings (SSSR count). The van der Waals surface area contributed by atoms with Crippen LogP contribution in [-0.2, 0) is 10.2 Å². The fourth-order valence-electron chi connectivity index (χ4n) is 9.82. The van der Waals surface area contributed by atoms with Gasteiger partial charge in [-0.3, -0.25) is 14.4 Å². The molecule has 5 aromatic rings. The van der Waals surface area contributed by atoms with E-state index < -0.39 is 5.41 Å². The Morgan fingerprint density at radius 2 is 1.56 bits per heavy atom. The van der Waals surface area contributed by atoms with Gasteiger partial charge in [0.05, 0.1) is 28.6 Å². The van der Waals surface area contributed by atoms with Crippen LogP contribution in [0.3, 0.4) is 0 Å². The van der Waals surface area contributed by atoms with Crippen LogP contribution < -0.4 is 15.5 Å².